The lowest BCUT2D eigenvalue weighted by Gasteiger charge is -2.32. The molecule has 4 rings (SSSR count). The van der Waals surface area contributed by atoms with Gasteiger partial charge in [-0.15, -0.1) is 11.3 Å². The molecule has 7 heteroatoms. The van der Waals surface area contributed by atoms with Gasteiger partial charge in [0.05, 0.1) is 5.92 Å². The van der Waals surface area contributed by atoms with Gasteiger partial charge in [0.1, 0.15) is 6.04 Å². The number of piperidine rings is 1. The fourth-order valence-corrected chi connectivity index (χ4v) is 4.84. The van der Waals surface area contributed by atoms with Crippen LogP contribution in [0.5, 0.6) is 0 Å². The molecule has 2 saturated heterocycles. The summed E-state index contributed by atoms with van der Waals surface area (Å²) >= 11 is 1.57. The van der Waals surface area contributed by atoms with Crippen LogP contribution < -0.4 is 4.90 Å². The standard InChI is InChI=1S/C15H19N3O3S/c19-13(11-2-1-5-18(11)15-16-4-7-22-15)17-6-3-9-10(8-17)12(9)14(20)21/h4,7,9-12H,1-3,5-6,8H2,(H,20,21)/t9-,10+,11?,12-/m1/s1. The Kier molecular flexibility index (Phi) is 3.32. The Morgan fingerprint density at radius 2 is 2.14 bits per heavy atom. The van der Waals surface area contributed by atoms with Crippen molar-refractivity contribution in [1.82, 2.24) is 9.88 Å². The van der Waals surface area contributed by atoms with E-state index in [1.165, 1.54) is 0 Å². The third kappa shape index (κ3) is 2.18. The largest absolute Gasteiger partial charge is 0.481 e. The molecule has 1 aliphatic carbocycles. The number of carboxylic acid groups (broad SMARTS) is 1. The molecule has 0 spiro atoms. The van der Waals surface area contributed by atoms with Crippen molar-refractivity contribution in [1.29, 1.82) is 0 Å². The number of hydrogen-bond donors (Lipinski definition) is 1. The van der Waals surface area contributed by atoms with Crippen molar-refractivity contribution in [2.24, 2.45) is 17.8 Å². The van der Waals surface area contributed by atoms with Crippen LogP contribution in [0.25, 0.3) is 0 Å². The van der Waals surface area contributed by atoms with Gasteiger partial charge in [0.2, 0.25) is 5.91 Å². The number of thiazole rings is 1. The fourth-order valence-electron chi connectivity index (χ4n) is 4.13. The van der Waals surface area contributed by atoms with E-state index >= 15 is 0 Å². The van der Waals surface area contributed by atoms with Crippen LogP contribution >= 0.6 is 11.3 Å². The summed E-state index contributed by atoms with van der Waals surface area (Å²) in [5.41, 5.74) is 0. The minimum atomic E-state index is -0.699. The summed E-state index contributed by atoms with van der Waals surface area (Å²) in [4.78, 5) is 32.3. The molecule has 3 aliphatic rings. The third-order valence-electron chi connectivity index (χ3n) is 5.29. The van der Waals surface area contributed by atoms with E-state index in [1.807, 2.05) is 10.3 Å². The normalized spacial score (nSPS) is 33.6. The Balaban J connectivity index is 1.45. The number of carbonyl (C=O) groups is 2. The van der Waals surface area contributed by atoms with Crippen molar-refractivity contribution in [2.45, 2.75) is 25.3 Å². The van der Waals surface area contributed by atoms with E-state index in [2.05, 4.69) is 9.88 Å². The maximum absolute atomic E-state index is 12.9. The molecule has 0 radical (unpaired) electrons. The Morgan fingerprint density at radius 1 is 1.27 bits per heavy atom. The van der Waals surface area contributed by atoms with E-state index in [0.717, 1.165) is 30.9 Å². The van der Waals surface area contributed by atoms with Crippen molar-refractivity contribution >= 4 is 28.3 Å². The molecule has 3 heterocycles. The number of aromatic nitrogens is 1. The van der Waals surface area contributed by atoms with Gasteiger partial charge in [0.25, 0.3) is 0 Å². The zero-order valence-electron chi connectivity index (χ0n) is 12.2. The summed E-state index contributed by atoms with van der Waals surface area (Å²) in [5.74, 6) is -0.307. The third-order valence-corrected chi connectivity index (χ3v) is 6.10. The summed E-state index contributed by atoms with van der Waals surface area (Å²) in [5, 5.41) is 12.0. The number of fused-ring (bicyclic) bond motifs is 1. The van der Waals surface area contributed by atoms with Crippen molar-refractivity contribution in [2.75, 3.05) is 24.5 Å². The topological polar surface area (TPSA) is 73.7 Å². The highest BCUT2D eigenvalue weighted by Gasteiger charge is 2.57. The minimum Gasteiger partial charge on any atom is -0.481 e. The molecule has 1 amide bonds. The number of aliphatic carboxylic acids is 1. The van der Waals surface area contributed by atoms with Crippen LogP contribution in [0.4, 0.5) is 5.13 Å². The minimum absolute atomic E-state index is 0.121. The van der Waals surface area contributed by atoms with Gasteiger partial charge in [-0.2, -0.15) is 0 Å². The summed E-state index contributed by atoms with van der Waals surface area (Å²) in [6.45, 7) is 2.19. The molecule has 3 fully saturated rings. The first kappa shape index (κ1) is 14.0. The summed E-state index contributed by atoms with van der Waals surface area (Å²) in [6.07, 6.45) is 4.48. The molecule has 1 saturated carbocycles. The molecule has 0 bridgehead atoms. The lowest BCUT2D eigenvalue weighted by atomic mass is 10.1. The number of amides is 1. The molecule has 4 atom stereocenters. The van der Waals surface area contributed by atoms with Crippen LogP contribution in [0.15, 0.2) is 11.6 Å². The highest BCUT2D eigenvalue weighted by molar-refractivity contribution is 7.13. The summed E-state index contributed by atoms with van der Waals surface area (Å²) in [6, 6.07) is -0.121. The lowest BCUT2D eigenvalue weighted by molar-refractivity contribution is -0.139. The van der Waals surface area contributed by atoms with Gasteiger partial charge in [-0.1, -0.05) is 0 Å². The molecule has 2 aliphatic heterocycles. The number of rotatable bonds is 3. The van der Waals surface area contributed by atoms with Gasteiger partial charge in [-0.05, 0) is 31.1 Å². The number of likely N-dealkylation sites (tertiary alicyclic amines) is 1. The second-order valence-electron chi connectivity index (χ2n) is 6.43. The molecular weight excluding hydrogens is 302 g/mol. The van der Waals surface area contributed by atoms with Gasteiger partial charge in [-0.25, -0.2) is 4.98 Å². The highest BCUT2D eigenvalue weighted by atomic mass is 32.1. The van der Waals surface area contributed by atoms with Gasteiger partial charge in [0, 0.05) is 31.2 Å². The van der Waals surface area contributed by atoms with E-state index in [1.54, 1.807) is 17.5 Å². The quantitative estimate of drug-likeness (QED) is 0.908. The van der Waals surface area contributed by atoms with Crippen LogP contribution in [0, 0.1) is 17.8 Å². The van der Waals surface area contributed by atoms with Crippen LogP contribution in [-0.2, 0) is 9.59 Å². The SMILES string of the molecule is O=C(O)[C@@H]1[C@@H]2CCN(C(=O)C3CCCN3c3nccs3)C[C@@H]21. The monoisotopic (exact) mass is 321 g/mol. The first-order valence-corrected chi connectivity index (χ1v) is 8.72. The van der Waals surface area contributed by atoms with Gasteiger partial charge in [0.15, 0.2) is 5.13 Å². The molecule has 1 N–H and O–H groups in total. The Hall–Kier alpha value is -1.63. The number of anilines is 1. The van der Waals surface area contributed by atoms with Crippen molar-refractivity contribution in [3.63, 3.8) is 0 Å². The zero-order valence-corrected chi connectivity index (χ0v) is 13.0. The summed E-state index contributed by atoms with van der Waals surface area (Å²) < 4.78 is 0. The van der Waals surface area contributed by atoms with Crippen LogP contribution in [0.3, 0.4) is 0 Å². The van der Waals surface area contributed by atoms with Gasteiger partial charge < -0.3 is 14.9 Å². The maximum Gasteiger partial charge on any atom is 0.307 e. The predicted octanol–water partition coefficient (Wildman–Crippen LogP) is 1.29. The van der Waals surface area contributed by atoms with Crippen LogP contribution in [0.1, 0.15) is 19.3 Å². The number of carbonyl (C=O) groups excluding carboxylic acids is 1. The average molecular weight is 321 g/mol. The van der Waals surface area contributed by atoms with E-state index in [9.17, 15) is 9.59 Å². The van der Waals surface area contributed by atoms with Crippen molar-refractivity contribution in [3.05, 3.63) is 11.6 Å². The van der Waals surface area contributed by atoms with E-state index in [-0.39, 0.29) is 23.8 Å². The Labute approximate surface area is 132 Å². The van der Waals surface area contributed by atoms with Crippen LogP contribution in [0.2, 0.25) is 0 Å². The zero-order chi connectivity index (χ0) is 15.3. The predicted molar refractivity (Wildman–Crippen MR) is 81.8 cm³/mol. The van der Waals surface area contributed by atoms with E-state index in [4.69, 9.17) is 5.11 Å². The number of nitrogens with zero attached hydrogens (tertiary/aromatic N) is 3. The Bertz CT molecular complexity index is 591. The van der Waals surface area contributed by atoms with Crippen LogP contribution in [-0.4, -0.2) is 52.5 Å². The average Bonchev–Trinajstić information content (AvgIpc) is 2.89. The first-order valence-electron chi connectivity index (χ1n) is 7.84. The molecule has 6 nitrogen and oxygen atoms in total. The molecule has 1 unspecified atom stereocenters. The smallest absolute Gasteiger partial charge is 0.307 e. The molecular formula is C15H19N3O3S. The maximum atomic E-state index is 12.9. The second kappa shape index (κ2) is 5.22. The van der Waals surface area contributed by atoms with E-state index < -0.39 is 5.97 Å². The molecule has 118 valence electrons. The summed E-state index contributed by atoms with van der Waals surface area (Å²) in [7, 11) is 0. The number of hydrogen-bond acceptors (Lipinski definition) is 5. The van der Waals surface area contributed by atoms with Gasteiger partial charge >= 0.3 is 5.97 Å². The number of carboxylic acids is 1. The molecule has 1 aromatic heterocycles. The lowest BCUT2D eigenvalue weighted by Crippen LogP contribution is -2.48. The fraction of sp³-hybridized carbons (Fsp3) is 0.667. The van der Waals surface area contributed by atoms with Crippen molar-refractivity contribution < 1.29 is 14.7 Å². The molecule has 1 aromatic rings. The Morgan fingerprint density at radius 3 is 2.86 bits per heavy atom. The van der Waals surface area contributed by atoms with E-state index in [0.29, 0.717) is 19.0 Å². The van der Waals surface area contributed by atoms with Gasteiger partial charge in [-0.3, -0.25) is 9.59 Å². The second-order valence-corrected chi connectivity index (χ2v) is 7.30. The molecule has 0 aromatic carbocycles. The first-order chi connectivity index (χ1) is 10.7. The highest BCUT2D eigenvalue weighted by Crippen LogP contribution is 2.51. The molecule has 22 heavy (non-hydrogen) atoms. The van der Waals surface area contributed by atoms with Crippen molar-refractivity contribution in [3.8, 4) is 0 Å².